The standard InChI is InChI=1S/C16H11ClN4O2/c17-11-6-2-1-5-10(11)15(22)20-21-16(23)14-9-18-12-7-3-4-8-13(12)19-14/h1-9H,(H,20,22)(H,21,23). The average Bonchev–Trinajstić information content (AvgIpc) is 2.59. The van der Waals surface area contributed by atoms with Crippen molar-refractivity contribution in [3.63, 3.8) is 0 Å². The third-order valence-corrected chi connectivity index (χ3v) is 3.42. The van der Waals surface area contributed by atoms with Gasteiger partial charge in [-0.2, -0.15) is 0 Å². The summed E-state index contributed by atoms with van der Waals surface area (Å²) < 4.78 is 0. The molecule has 0 bridgehead atoms. The number of aromatic nitrogens is 2. The molecule has 7 heteroatoms. The summed E-state index contributed by atoms with van der Waals surface area (Å²) in [6.45, 7) is 0. The minimum absolute atomic E-state index is 0.100. The van der Waals surface area contributed by atoms with E-state index in [4.69, 9.17) is 11.6 Å². The van der Waals surface area contributed by atoms with E-state index in [1.165, 1.54) is 6.20 Å². The van der Waals surface area contributed by atoms with Crippen LogP contribution in [0.2, 0.25) is 5.02 Å². The van der Waals surface area contributed by atoms with E-state index in [-0.39, 0.29) is 11.3 Å². The van der Waals surface area contributed by atoms with E-state index in [0.29, 0.717) is 16.1 Å². The van der Waals surface area contributed by atoms with Gasteiger partial charge in [-0.1, -0.05) is 35.9 Å². The summed E-state index contributed by atoms with van der Waals surface area (Å²) in [5.74, 6) is -1.08. The first-order chi connectivity index (χ1) is 11.1. The van der Waals surface area contributed by atoms with Gasteiger partial charge >= 0.3 is 0 Å². The van der Waals surface area contributed by atoms with Crippen LogP contribution < -0.4 is 10.9 Å². The Labute approximate surface area is 136 Å². The second-order valence-electron chi connectivity index (χ2n) is 4.63. The van der Waals surface area contributed by atoms with Crippen molar-refractivity contribution in [2.75, 3.05) is 0 Å². The molecule has 0 fully saturated rings. The highest BCUT2D eigenvalue weighted by Crippen LogP contribution is 2.14. The van der Waals surface area contributed by atoms with Gasteiger partial charge in [0, 0.05) is 0 Å². The van der Waals surface area contributed by atoms with Crippen molar-refractivity contribution >= 4 is 34.4 Å². The molecule has 6 nitrogen and oxygen atoms in total. The van der Waals surface area contributed by atoms with Crippen molar-refractivity contribution in [1.82, 2.24) is 20.8 Å². The first kappa shape index (κ1) is 14.9. The number of hydrogen-bond donors (Lipinski definition) is 2. The predicted molar refractivity (Wildman–Crippen MR) is 85.9 cm³/mol. The lowest BCUT2D eigenvalue weighted by molar-refractivity contribution is 0.0844. The van der Waals surface area contributed by atoms with Crippen molar-refractivity contribution < 1.29 is 9.59 Å². The molecular formula is C16H11ClN4O2. The number of rotatable bonds is 2. The normalized spacial score (nSPS) is 10.3. The average molecular weight is 327 g/mol. The fourth-order valence-electron chi connectivity index (χ4n) is 1.96. The van der Waals surface area contributed by atoms with E-state index in [1.54, 1.807) is 42.5 Å². The third kappa shape index (κ3) is 3.27. The molecule has 0 aliphatic carbocycles. The van der Waals surface area contributed by atoms with Gasteiger partial charge in [-0.15, -0.1) is 0 Å². The van der Waals surface area contributed by atoms with Gasteiger partial charge in [0.2, 0.25) is 0 Å². The lowest BCUT2D eigenvalue weighted by atomic mass is 10.2. The highest BCUT2D eigenvalue weighted by Gasteiger charge is 2.13. The molecule has 2 N–H and O–H groups in total. The quantitative estimate of drug-likeness (QED) is 0.708. The molecule has 0 atom stereocenters. The fourth-order valence-corrected chi connectivity index (χ4v) is 2.18. The molecule has 0 saturated carbocycles. The molecule has 0 aliphatic heterocycles. The maximum Gasteiger partial charge on any atom is 0.289 e. The van der Waals surface area contributed by atoms with Crippen LogP contribution in [-0.2, 0) is 0 Å². The Hall–Kier alpha value is -2.99. The van der Waals surface area contributed by atoms with Gasteiger partial charge in [-0.25, -0.2) is 4.98 Å². The van der Waals surface area contributed by atoms with Gasteiger partial charge in [-0.3, -0.25) is 25.4 Å². The SMILES string of the molecule is O=C(NNC(=O)c1ccccc1Cl)c1cnc2ccccc2n1. The Morgan fingerprint density at radius 3 is 2.30 bits per heavy atom. The second kappa shape index (κ2) is 6.41. The van der Waals surface area contributed by atoms with Crippen molar-refractivity contribution in [1.29, 1.82) is 0 Å². The van der Waals surface area contributed by atoms with Crippen LogP contribution in [0.4, 0.5) is 0 Å². The van der Waals surface area contributed by atoms with Crippen LogP contribution in [0, 0.1) is 0 Å². The monoisotopic (exact) mass is 326 g/mol. The molecule has 0 saturated heterocycles. The van der Waals surface area contributed by atoms with E-state index < -0.39 is 11.8 Å². The predicted octanol–water partition coefficient (Wildman–Crippen LogP) is 2.36. The van der Waals surface area contributed by atoms with Crippen LogP contribution in [0.1, 0.15) is 20.8 Å². The van der Waals surface area contributed by atoms with E-state index in [1.807, 2.05) is 6.07 Å². The first-order valence-electron chi connectivity index (χ1n) is 6.72. The molecule has 0 aliphatic rings. The van der Waals surface area contributed by atoms with E-state index >= 15 is 0 Å². The van der Waals surface area contributed by atoms with Gasteiger partial charge in [0.25, 0.3) is 11.8 Å². The molecule has 2 amide bonds. The summed E-state index contributed by atoms with van der Waals surface area (Å²) in [4.78, 5) is 32.4. The molecule has 1 heterocycles. The molecule has 114 valence electrons. The molecular weight excluding hydrogens is 316 g/mol. The lowest BCUT2D eigenvalue weighted by Crippen LogP contribution is -2.42. The number of nitrogens with one attached hydrogen (secondary N) is 2. The number of carbonyl (C=O) groups excluding carboxylic acids is 2. The molecule has 23 heavy (non-hydrogen) atoms. The Balaban J connectivity index is 1.71. The molecule has 3 aromatic rings. The third-order valence-electron chi connectivity index (χ3n) is 3.09. The van der Waals surface area contributed by atoms with E-state index in [0.717, 1.165) is 0 Å². The molecule has 0 unspecified atom stereocenters. The Morgan fingerprint density at radius 2 is 1.52 bits per heavy atom. The van der Waals surface area contributed by atoms with Crippen molar-refractivity contribution in [3.05, 3.63) is 71.0 Å². The smallest absolute Gasteiger partial charge is 0.267 e. The van der Waals surface area contributed by atoms with Gasteiger partial charge in [0.05, 0.1) is 27.8 Å². The summed E-state index contributed by atoms with van der Waals surface area (Å²) in [5.41, 5.74) is 6.23. The van der Waals surface area contributed by atoms with Crippen molar-refractivity contribution in [3.8, 4) is 0 Å². The van der Waals surface area contributed by atoms with Crippen LogP contribution in [0.5, 0.6) is 0 Å². The van der Waals surface area contributed by atoms with Crippen LogP contribution in [0.3, 0.4) is 0 Å². The van der Waals surface area contributed by atoms with Gasteiger partial charge in [-0.05, 0) is 24.3 Å². The Bertz CT molecular complexity index is 898. The zero-order valence-electron chi connectivity index (χ0n) is 11.8. The number of para-hydroxylation sites is 2. The Morgan fingerprint density at radius 1 is 0.870 bits per heavy atom. The summed E-state index contributed by atoms with van der Waals surface area (Å²) in [7, 11) is 0. The number of carbonyl (C=O) groups is 2. The lowest BCUT2D eigenvalue weighted by Gasteiger charge is -2.08. The largest absolute Gasteiger partial charge is 0.289 e. The van der Waals surface area contributed by atoms with Crippen LogP contribution in [0.15, 0.2) is 54.7 Å². The Kier molecular flexibility index (Phi) is 4.16. The fraction of sp³-hybridized carbons (Fsp3) is 0. The van der Waals surface area contributed by atoms with Crippen molar-refractivity contribution in [2.24, 2.45) is 0 Å². The highest BCUT2D eigenvalue weighted by atomic mass is 35.5. The highest BCUT2D eigenvalue weighted by molar-refractivity contribution is 6.33. The van der Waals surface area contributed by atoms with Crippen LogP contribution >= 0.6 is 11.6 Å². The number of amides is 2. The second-order valence-corrected chi connectivity index (χ2v) is 5.04. The minimum atomic E-state index is -0.566. The van der Waals surface area contributed by atoms with Gasteiger partial charge in [0.1, 0.15) is 5.69 Å². The summed E-state index contributed by atoms with van der Waals surface area (Å²) in [5, 5.41) is 0.296. The molecule has 1 aromatic heterocycles. The van der Waals surface area contributed by atoms with E-state index in [9.17, 15) is 9.59 Å². The van der Waals surface area contributed by atoms with E-state index in [2.05, 4.69) is 20.8 Å². The van der Waals surface area contributed by atoms with Gasteiger partial charge < -0.3 is 0 Å². The summed E-state index contributed by atoms with van der Waals surface area (Å²) in [6, 6.07) is 13.7. The number of halogens is 1. The number of hydrazine groups is 1. The first-order valence-corrected chi connectivity index (χ1v) is 7.10. The number of nitrogens with zero attached hydrogens (tertiary/aromatic N) is 2. The molecule has 0 spiro atoms. The van der Waals surface area contributed by atoms with Crippen LogP contribution in [0.25, 0.3) is 11.0 Å². The van der Waals surface area contributed by atoms with Crippen LogP contribution in [-0.4, -0.2) is 21.8 Å². The maximum absolute atomic E-state index is 12.0. The minimum Gasteiger partial charge on any atom is -0.267 e. The zero-order chi connectivity index (χ0) is 16.2. The number of hydrogen-bond acceptors (Lipinski definition) is 4. The maximum atomic E-state index is 12.0. The topological polar surface area (TPSA) is 84.0 Å². The molecule has 2 aromatic carbocycles. The summed E-state index contributed by atoms with van der Waals surface area (Å²) in [6.07, 6.45) is 1.35. The molecule has 0 radical (unpaired) electrons. The number of fused-ring (bicyclic) bond motifs is 1. The van der Waals surface area contributed by atoms with Crippen molar-refractivity contribution in [2.45, 2.75) is 0 Å². The summed E-state index contributed by atoms with van der Waals surface area (Å²) >= 11 is 5.92. The van der Waals surface area contributed by atoms with Gasteiger partial charge in [0.15, 0.2) is 0 Å². The number of benzene rings is 2. The molecule has 3 rings (SSSR count). The zero-order valence-corrected chi connectivity index (χ0v) is 12.5.